The quantitative estimate of drug-likeness (QED) is 0.766. The van der Waals surface area contributed by atoms with Crippen molar-refractivity contribution < 1.29 is 17.6 Å². The fourth-order valence-electron chi connectivity index (χ4n) is 2.57. The van der Waals surface area contributed by atoms with Crippen LogP contribution < -0.4 is 10.0 Å². The average Bonchev–Trinajstić information content (AvgIpc) is 2.91. The van der Waals surface area contributed by atoms with E-state index in [2.05, 4.69) is 16.6 Å². The molecule has 5 nitrogen and oxygen atoms in total. The van der Waals surface area contributed by atoms with Gasteiger partial charge in [-0.15, -0.1) is 0 Å². The Balaban J connectivity index is 2.07. The summed E-state index contributed by atoms with van der Waals surface area (Å²) in [6, 6.07) is 6.16. The number of benzene rings is 1. The van der Waals surface area contributed by atoms with Gasteiger partial charge in [-0.2, -0.15) is 0 Å². The number of carbonyl (C=O) groups excluding carboxylic acids is 1. The molecule has 1 atom stereocenters. The first kappa shape index (κ1) is 20.9. The van der Waals surface area contributed by atoms with Crippen LogP contribution in [0.1, 0.15) is 44.0 Å². The fourth-order valence-corrected chi connectivity index (χ4v) is 3.27. The number of alkyl halides is 1. The van der Waals surface area contributed by atoms with E-state index in [9.17, 15) is 17.6 Å². The van der Waals surface area contributed by atoms with Gasteiger partial charge in [0.15, 0.2) is 0 Å². The van der Waals surface area contributed by atoms with E-state index in [1.165, 1.54) is 12.1 Å². The Morgan fingerprint density at radius 1 is 1.26 bits per heavy atom. The topological polar surface area (TPSA) is 75.3 Å². The van der Waals surface area contributed by atoms with Crippen molar-refractivity contribution in [2.24, 2.45) is 0 Å². The van der Waals surface area contributed by atoms with Crippen LogP contribution in [0.3, 0.4) is 0 Å². The van der Waals surface area contributed by atoms with Crippen molar-refractivity contribution in [2.75, 3.05) is 4.72 Å². The van der Waals surface area contributed by atoms with Gasteiger partial charge < -0.3 is 5.32 Å². The molecule has 0 aliphatic heterocycles. The van der Waals surface area contributed by atoms with E-state index < -0.39 is 21.4 Å². The Bertz CT molecular complexity index is 884. The van der Waals surface area contributed by atoms with E-state index in [0.29, 0.717) is 29.8 Å². The molecule has 1 aliphatic carbocycles. The van der Waals surface area contributed by atoms with Gasteiger partial charge in [0.2, 0.25) is 10.0 Å². The van der Waals surface area contributed by atoms with Crippen molar-refractivity contribution in [3.05, 3.63) is 65.4 Å². The molecule has 1 saturated carbocycles. The number of halogens is 1. The smallest absolute Gasteiger partial charge is 0.255 e. The van der Waals surface area contributed by atoms with E-state index in [-0.39, 0.29) is 5.91 Å². The molecule has 0 radical (unpaired) electrons. The molecule has 146 valence electrons. The zero-order valence-corrected chi connectivity index (χ0v) is 16.6. The molecule has 1 aliphatic rings. The van der Waals surface area contributed by atoms with Gasteiger partial charge in [-0.1, -0.05) is 12.7 Å². The van der Waals surface area contributed by atoms with Gasteiger partial charge >= 0.3 is 0 Å². The van der Waals surface area contributed by atoms with Gasteiger partial charge in [-0.05, 0) is 62.3 Å². The molecule has 1 aromatic carbocycles. The number of anilines is 1. The monoisotopic (exact) mass is 392 g/mol. The molecule has 7 heteroatoms. The third kappa shape index (κ3) is 5.53. The van der Waals surface area contributed by atoms with Gasteiger partial charge in [-0.3, -0.25) is 9.52 Å². The second-order valence-electron chi connectivity index (χ2n) is 6.75. The maximum Gasteiger partial charge on any atom is 0.255 e. The van der Waals surface area contributed by atoms with Gasteiger partial charge in [0.25, 0.3) is 5.91 Å². The number of allylic oxidation sites excluding steroid dienone is 4. The highest BCUT2D eigenvalue weighted by molar-refractivity contribution is 7.93. The molecule has 1 fully saturated rings. The van der Waals surface area contributed by atoms with E-state index in [1.54, 1.807) is 45.1 Å². The van der Waals surface area contributed by atoms with Gasteiger partial charge in [0.1, 0.15) is 6.17 Å². The number of hydrogen-bond acceptors (Lipinski definition) is 3. The van der Waals surface area contributed by atoms with Crippen LogP contribution in [0.4, 0.5) is 10.1 Å². The summed E-state index contributed by atoms with van der Waals surface area (Å²) in [7, 11) is -3.44. The molecule has 27 heavy (non-hydrogen) atoms. The van der Waals surface area contributed by atoms with Gasteiger partial charge in [-0.25, -0.2) is 12.8 Å². The van der Waals surface area contributed by atoms with E-state index in [0.717, 1.165) is 11.1 Å². The first-order valence-electron chi connectivity index (χ1n) is 8.74. The molecular weight excluding hydrogens is 367 g/mol. The SMILES string of the molecule is C=C1CC(F)C/C1=C/C(=C\C)NC(=O)c1ccc(NS(=O)(=O)C(C)C)cc1. The second-order valence-corrected chi connectivity index (χ2v) is 8.99. The molecule has 0 aromatic heterocycles. The summed E-state index contributed by atoms with van der Waals surface area (Å²) < 4.78 is 39.7. The van der Waals surface area contributed by atoms with Gasteiger partial charge in [0, 0.05) is 29.8 Å². The largest absolute Gasteiger partial charge is 0.322 e. The minimum Gasteiger partial charge on any atom is -0.322 e. The van der Waals surface area contributed by atoms with Crippen LogP contribution in [0, 0.1) is 0 Å². The van der Waals surface area contributed by atoms with E-state index >= 15 is 0 Å². The molecule has 0 spiro atoms. The Morgan fingerprint density at radius 2 is 1.89 bits per heavy atom. The first-order chi connectivity index (χ1) is 12.6. The molecule has 1 aromatic rings. The maximum atomic E-state index is 13.5. The lowest BCUT2D eigenvalue weighted by Gasteiger charge is -2.11. The minimum atomic E-state index is -3.44. The lowest BCUT2D eigenvalue weighted by Crippen LogP contribution is -2.23. The molecule has 2 rings (SSSR count). The van der Waals surface area contributed by atoms with Crippen LogP contribution >= 0.6 is 0 Å². The maximum absolute atomic E-state index is 13.5. The number of hydrogen-bond donors (Lipinski definition) is 2. The van der Waals surface area contributed by atoms with Crippen molar-refractivity contribution in [3.8, 4) is 0 Å². The average molecular weight is 392 g/mol. The second kappa shape index (κ2) is 8.52. The summed E-state index contributed by atoms with van der Waals surface area (Å²) in [6.07, 6.45) is 3.18. The summed E-state index contributed by atoms with van der Waals surface area (Å²) in [5.74, 6) is -0.335. The summed E-state index contributed by atoms with van der Waals surface area (Å²) in [5, 5.41) is 2.22. The summed E-state index contributed by atoms with van der Waals surface area (Å²) in [4.78, 5) is 12.4. The Labute approximate surface area is 160 Å². The lowest BCUT2D eigenvalue weighted by atomic mass is 10.1. The molecular formula is C20H25FN2O3S. The third-order valence-electron chi connectivity index (χ3n) is 4.29. The molecule has 2 N–H and O–H groups in total. The Hall–Kier alpha value is -2.41. The summed E-state index contributed by atoms with van der Waals surface area (Å²) >= 11 is 0. The Kier molecular flexibility index (Phi) is 6.59. The molecule has 0 heterocycles. The highest BCUT2D eigenvalue weighted by Gasteiger charge is 2.22. The van der Waals surface area contributed by atoms with Crippen molar-refractivity contribution in [1.29, 1.82) is 0 Å². The Morgan fingerprint density at radius 3 is 2.37 bits per heavy atom. The van der Waals surface area contributed by atoms with Crippen LogP contribution in [0.2, 0.25) is 0 Å². The molecule has 1 amide bonds. The van der Waals surface area contributed by atoms with Crippen LogP contribution in [-0.4, -0.2) is 25.7 Å². The third-order valence-corrected chi connectivity index (χ3v) is 6.05. The zero-order chi connectivity index (χ0) is 20.2. The first-order valence-corrected chi connectivity index (χ1v) is 10.3. The van der Waals surface area contributed by atoms with Crippen molar-refractivity contribution in [1.82, 2.24) is 5.32 Å². The van der Waals surface area contributed by atoms with E-state index in [4.69, 9.17) is 0 Å². The highest BCUT2D eigenvalue weighted by Crippen LogP contribution is 2.32. The van der Waals surface area contributed by atoms with Crippen LogP contribution in [-0.2, 0) is 10.0 Å². The molecule has 0 bridgehead atoms. The minimum absolute atomic E-state index is 0.302. The number of amides is 1. The van der Waals surface area contributed by atoms with Crippen molar-refractivity contribution in [3.63, 3.8) is 0 Å². The van der Waals surface area contributed by atoms with Crippen LogP contribution in [0.5, 0.6) is 0 Å². The fraction of sp³-hybridized carbons (Fsp3) is 0.350. The predicted octanol–water partition coefficient (Wildman–Crippen LogP) is 4.08. The standard InChI is InChI=1S/C20H25FN2O3S/c1-5-18(12-16-11-17(21)10-14(16)4)22-20(24)15-6-8-19(9-7-15)23-27(25,26)13(2)3/h5-9,12-13,17,23H,4,10-11H2,1-3H3,(H,22,24)/b16-12-,18-5+. The normalized spacial score (nSPS) is 19.6. The highest BCUT2D eigenvalue weighted by atomic mass is 32.2. The molecule has 0 saturated heterocycles. The van der Waals surface area contributed by atoms with Crippen LogP contribution in [0.15, 0.2) is 59.8 Å². The number of nitrogens with one attached hydrogen (secondary N) is 2. The molecule has 1 unspecified atom stereocenters. The summed E-state index contributed by atoms with van der Waals surface area (Å²) in [6.45, 7) is 8.81. The lowest BCUT2D eigenvalue weighted by molar-refractivity contribution is 0.0967. The zero-order valence-electron chi connectivity index (χ0n) is 15.8. The van der Waals surface area contributed by atoms with Gasteiger partial charge in [0.05, 0.1) is 5.25 Å². The number of sulfonamides is 1. The number of rotatable bonds is 6. The number of carbonyl (C=O) groups is 1. The summed E-state index contributed by atoms with van der Waals surface area (Å²) in [5.41, 5.74) is 2.89. The van der Waals surface area contributed by atoms with Crippen molar-refractivity contribution >= 4 is 21.6 Å². The van der Waals surface area contributed by atoms with Crippen molar-refractivity contribution in [2.45, 2.75) is 45.0 Å². The predicted molar refractivity (Wildman–Crippen MR) is 107 cm³/mol. The van der Waals surface area contributed by atoms with E-state index in [1.807, 2.05) is 0 Å². The van der Waals surface area contributed by atoms with Crippen LogP contribution in [0.25, 0.3) is 0 Å².